The van der Waals surface area contributed by atoms with Crippen molar-refractivity contribution >= 4 is 11.8 Å². The maximum absolute atomic E-state index is 13.2. The standard InChI is InChI=1S/C27H28N2O3/c1-32-24-14-12-22(13-15-24)26(21-10-6-3-7-11-21)28-27(31)23-18-25(30)29(19-23)17-16-20-8-4-2-5-9-20/h2-15,23,26H,16-19H2,1H3,(H,28,31)/t23-,26-/m1/s1. The first-order valence-electron chi connectivity index (χ1n) is 10.9. The normalized spacial score (nSPS) is 16.6. The van der Waals surface area contributed by atoms with Crippen LogP contribution in [0.2, 0.25) is 0 Å². The average Bonchev–Trinajstić information content (AvgIpc) is 3.23. The zero-order chi connectivity index (χ0) is 22.3. The van der Waals surface area contributed by atoms with Gasteiger partial charge in [0.15, 0.2) is 0 Å². The second kappa shape index (κ2) is 10.1. The third-order valence-electron chi connectivity index (χ3n) is 5.97. The molecule has 3 aromatic carbocycles. The molecule has 1 fully saturated rings. The molecule has 0 radical (unpaired) electrons. The highest BCUT2D eigenvalue weighted by Crippen LogP contribution is 2.26. The summed E-state index contributed by atoms with van der Waals surface area (Å²) in [5, 5.41) is 3.19. The molecule has 1 saturated heterocycles. The minimum Gasteiger partial charge on any atom is -0.497 e. The number of nitrogens with one attached hydrogen (secondary N) is 1. The van der Waals surface area contributed by atoms with Crippen LogP contribution in [0.3, 0.4) is 0 Å². The van der Waals surface area contributed by atoms with Crippen molar-refractivity contribution in [2.24, 2.45) is 5.92 Å². The molecule has 1 N–H and O–H groups in total. The summed E-state index contributed by atoms with van der Waals surface area (Å²) in [5.74, 6) is 0.372. The molecule has 3 aromatic rings. The van der Waals surface area contributed by atoms with E-state index in [9.17, 15) is 9.59 Å². The van der Waals surface area contributed by atoms with Crippen LogP contribution in [0.15, 0.2) is 84.9 Å². The van der Waals surface area contributed by atoms with Crippen LogP contribution in [0.1, 0.15) is 29.2 Å². The van der Waals surface area contributed by atoms with Crippen LogP contribution in [-0.2, 0) is 16.0 Å². The predicted molar refractivity (Wildman–Crippen MR) is 124 cm³/mol. The number of benzene rings is 3. The Bertz CT molecular complexity index is 1040. The summed E-state index contributed by atoms with van der Waals surface area (Å²) in [7, 11) is 1.63. The molecule has 5 heteroatoms. The molecule has 164 valence electrons. The fraction of sp³-hybridized carbons (Fsp3) is 0.259. The number of hydrogen-bond donors (Lipinski definition) is 1. The Kier molecular flexibility index (Phi) is 6.85. The van der Waals surface area contributed by atoms with Crippen LogP contribution in [-0.4, -0.2) is 36.9 Å². The fourth-order valence-corrected chi connectivity index (χ4v) is 4.13. The Labute approximate surface area is 189 Å². The molecule has 0 aromatic heterocycles. The summed E-state index contributed by atoms with van der Waals surface area (Å²) in [6, 6.07) is 27.4. The minimum atomic E-state index is -0.345. The van der Waals surface area contributed by atoms with Gasteiger partial charge in [-0.05, 0) is 35.2 Å². The number of carbonyl (C=O) groups is 2. The Hall–Kier alpha value is -3.60. The van der Waals surface area contributed by atoms with Gasteiger partial charge in [-0.3, -0.25) is 9.59 Å². The number of ether oxygens (including phenoxy) is 1. The first-order chi connectivity index (χ1) is 15.6. The summed E-state index contributed by atoms with van der Waals surface area (Å²) >= 11 is 0. The highest BCUT2D eigenvalue weighted by molar-refractivity contribution is 5.89. The lowest BCUT2D eigenvalue weighted by atomic mass is 9.97. The lowest BCUT2D eigenvalue weighted by Gasteiger charge is -2.22. The largest absolute Gasteiger partial charge is 0.497 e. The molecule has 2 amide bonds. The predicted octanol–water partition coefficient (Wildman–Crippen LogP) is 3.99. The summed E-state index contributed by atoms with van der Waals surface area (Å²) in [4.78, 5) is 27.5. The molecule has 2 atom stereocenters. The average molecular weight is 429 g/mol. The van der Waals surface area contributed by atoms with E-state index in [1.807, 2.05) is 77.7 Å². The third kappa shape index (κ3) is 5.17. The van der Waals surface area contributed by atoms with Gasteiger partial charge in [0.2, 0.25) is 11.8 Å². The molecule has 0 unspecified atom stereocenters. The van der Waals surface area contributed by atoms with Crippen molar-refractivity contribution in [1.82, 2.24) is 10.2 Å². The number of amides is 2. The van der Waals surface area contributed by atoms with Crippen LogP contribution < -0.4 is 10.1 Å². The zero-order valence-electron chi connectivity index (χ0n) is 18.2. The van der Waals surface area contributed by atoms with E-state index >= 15 is 0 Å². The number of methoxy groups -OCH3 is 1. The van der Waals surface area contributed by atoms with Gasteiger partial charge in [0, 0.05) is 19.5 Å². The quantitative estimate of drug-likeness (QED) is 0.590. The van der Waals surface area contributed by atoms with E-state index < -0.39 is 0 Å². The van der Waals surface area contributed by atoms with Gasteiger partial charge in [0.25, 0.3) is 0 Å². The van der Waals surface area contributed by atoms with E-state index in [-0.39, 0.29) is 30.2 Å². The molecule has 0 saturated carbocycles. The van der Waals surface area contributed by atoms with E-state index in [0.717, 1.165) is 23.3 Å². The molecule has 1 heterocycles. The zero-order valence-corrected chi connectivity index (χ0v) is 18.2. The molecular formula is C27H28N2O3. The number of hydrogen-bond acceptors (Lipinski definition) is 3. The molecule has 0 bridgehead atoms. The molecular weight excluding hydrogens is 400 g/mol. The molecule has 0 spiro atoms. The Morgan fingerprint density at radius 1 is 0.969 bits per heavy atom. The Balaban J connectivity index is 1.44. The number of rotatable bonds is 8. The van der Waals surface area contributed by atoms with Gasteiger partial charge in [0.1, 0.15) is 5.75 Å². The van der Waals surface area contributed by atoms with Gasteiger partial charge in [0.05, 0.1) is 19.1 Å². The molecule has 0 aliphatic carbocycles. The van der Waals surface area contributed by atoms with Crippen LogP contribution in [0, 0.1) is 5.92 Å². The van der Waals surface area contributed by atoms with Crippen LogP contribution in [0.25, 0.3) is 0 Å². The molecule has 1 aliphatic rings. The molecule has 32 heavy (non-hydrogen) atoms. The molecule has 5 nitrogen and oxygen atoms in total. The van der Waals surface area contributed by atoms with Gasteiger partial charge in [-0.2, -0.15) is 0 Å². The van der Waals surface area contributed by atoms with Crippen molar-refractivity contribution in [3.05, 3.63) is 102 Å². The van der Waals surface area contributed by atoms with Gasteiger partial charge in [-0.25, -0.2) is 0 Å². The SMILES string of the molecule is COc1ccc([C@H](NC(=O)[C@@H]2CC(=O)N(CCc3ccccc3)C2)c2ccccc2)cc1. The highest BCUT2D eigenvalue weighted by Gasteiger charge is 2.35. The van der Waals surface area contributed by atoms with Crippen molar-refractivity contribution in [1.29, 1.82) is 0 Å². The summed E-state index contributed by atoms with van der Waals surface area (Å²) < 4.78 is 5.27. The topological polar surface area (TPSA) is 58.6 Å². The Morgan fingerprint density at radius 3 is 2.25 bits per heavy atom. The summed E-state index contributed by atoms with van der Waals surface area (Å²) in [6.07, 6.45) is 1.05. The second-order valence-electron chi connectivity index (χ2n) is 8.10. The Morgan fingerprint density at radius 2 is 1.59 bits per heavy atom. The van der Waals surface area contributed by atoms with Crippen molar-refractivity contribution in [3.8, 4) is 5.75 Å². The number of carbonyl (C=O) groups excluding carboxylic acids is 2. The lowest BCUT2D eigenvalue weighted by molar-refractivity contribution is -0.129. The van der Waals surface area contributed by atoms with Gasteiger partial charge < -0.3 is 15.0 Å². The number of nitrogens with zero attached hydrogens (tertiary/aromatic N) is 1. The highest BCUT2D eigenvalue weighted by atomic mass is 16.5. The first-order valence-corrected chi connectivity index (χ1v) is 10.9. The smallest absolute Gasteiger partial charge is 0.226 e. The van der Waals surface area contributed by atoms with Crippen molar-refractivity contribution < 1.29 is 14.3 Å². The van der Waals surface area contributed by atoms with Crippen molar-refractivity contribution in [2.45, 2.75) is 18.9 Å². The first kappa shape index (κ1) is 21.6. The maximum atomic E-state index is 13.2. The van der Waals surface area contributed by atoms with E-state index in [2.05, 4.69) is 17.4 Å². The third-order valence-corrected chi connectivity index (χ3v) is 5.97. The van der Waals surface area contributed by atoms with E-state index in [1.165, 1.54) is 5.56 Å². The second-order valence-corrected chi connectivity index (χ2v) is 8.10. The van der Waals surface area contributed by atoms with Crippen LogP contribution in [0.5, 0.6) is 5.75 Å². The fourth-order valence-electron chi connectivity index (χ4n) is 4.13. The monoisotopic (exact) mass is 428 g/mol. The van der Waals surface area contributed by atoms with Gasteiger partial charge in [-0.1, -0.05) is 72.8 Å². The van der Waals surface area contributed by atoms with E-state index in [4.69, 9.17) is 4.74 Å². The number of likely N-dealkylation sites (tertiary alicyclic amines) is 1. The molecule has 1 aliphatic heterocycles. The lowest BCUT2D eigenvalue weighted by Crippen LogP contribution is -2.36. The van der Waals surface area contributed by atoms with Gasteiger partial charge >= 0.3 is 0 Å². The minimum absolute atomic E-state index is 0.0433. The van der Waals surface area contributed by atoms with Crippen molar-refractivity contribution in [2.75, 3.05) is 20.2 Å². The van der Waals surface area contributed by atoms with Crippen molar-refractivity contribution in [3.63, 3.8) is 0 Å². The summed E-state index contributed by atoms with van der Waals surface area (Å²) in [5.41, 5.74) is 3.16. The van der Waals surface area contributed by atoms with E-state index in [1.54, 1.807) is 7.11 Å². The summed E-state index contributed by atoms with van der Waals surface area (Å²) in [6.45, 7) is 1.09. The van der Waals surface area contributed by atoms with Crippen LogP contribution in [0.4, 0.5) is 0 Å². The van der Waals surface area contributed by atoms with E-state index in [0.29, 0.717) is 13.1 Å². The molecule has 4 rings (SSSR count). The van der Waals surface area contributed by atoms with Crippen LogP contribution >= 0.6 is 0 Å². The van der Waals surface area contributed by atoms with Gasteiger partial charge in [-0.15, -0.1) is 0 Å². The maximum Gasteiger partial charge on any atom is 0.226 e.